The van der Waals surface area contributed by atoms with Gasteiger partial charge in [-0.2, -0.15) is 0 Å². The second kappa shape index (κ2) is 6.02. The van der Waals surface area contributed by atoms with Crippen LogP contribution in [0.1, 0.15) is 39.3 Å². The van der Waals surface area contributed by atoms with Crippen LogP contribution < -0.4 is 0 Å². The molecule has 1 rings (SSSR count). The van der Waals surface area contributed by atoms with E-state index in [9.17, 15) is 4.79 Å². The molecule has 4 heteroatoms. The first kappa shape index (κ1) is 15.4. The third-order valence-electron chi connectivity index (χ3n) is 2.99. The summed E-state index contributed by atoms with van der Waals surface area (Å²) in [7, 11) is 0. The first-order valence-corrected chi connectivity index (χ1v) is 7.03. The van der Waals surface area contributed by atoms with E-state index in [1.165, 1.54) is 3.57 Å². The van der Waals surface area contributed by atoms with Crippen LogP contribution >= 0.6 is 22.6 Å². The van der Waals surface area contributed by atoms with Gasteiger partial charge in [-0.25, -0.2) is 0 Å². The Bertz CT molecular complexity index is 409. The van der Waals surface area contributed by atoms with Crippen molar-refractivity contribution >= 4 is 28.6 Å². The van der Waals surface area contributed by atoms with Crippen molar-refractivity contribution in [1.82, 2.24) is 4.90 Å². The molecule has 0 heterocycles. The van der Waals surface area contributed by atoms with Crippen LogP contribution in [0.15, 0.2) is 24.3 Å². The standard InChI is InChI=1S/C14H20INO2/c1-10(11-5-7-12(15)8-6-11)16(9-13(17)18)14(2,3)4/h5-8,10H,9H2,1-4H3,(H,17,18). The van der Waals surface area contributed by atoms with Crippen LogP contribution in [0.25, 0.3) is 0 Å². The summed E-state index contributed by atoms with van der Waals surface area (Å²) in [6, 6.07) is 8.31. The molecule has 0 saturated heterocycles. The molecular formula is C14H20INO2. The molecule has 0 aliphatic carbocycles. The molecule has 18 heavy (non-hydrogen) atoms. The van der Waals surface area contributed by atoms with Crippen LogP contribution in [0.4, 0.5) is 0 Å². The molecule has 1 unspecified atom stereocenters. The minimum absolute atomic E-state index is 0.0522. The van der Waals surface area contributed by atoms with Crippen molar-refractivity contribution in [3.8, 4) is 0 Å². The largest absolute Gasteiger partial charge is 0.480 e. The van der Waals surface area contributed by atoms with Crippen LogP contribution in [0, 0.1) is 3.57 Å². The zero-order chi connectivity index (χ0) is 13.9. The summed E-state index contributed by atoms with van der Waals surface area (Å²) in [5, 5.41) is 9.04. The molecule has 1 aromatic carbocycles. The molecule has 0 amide bonds. The highest BCUT2D eigenvalue weighted by Gasteiger charge is 2.28. The Morgan fingerprint density at radius 1 is 1.33 bits per heavy atom. The molecule has 0 aliphatic rings. The summed E-state index contributed by atoms with van der Waals surface area (Å²) in [5.74, 6) is -0.790. The van der Waals surface area contributed by atoms with E-state index < -0.39 is 5.97 Å². The lowest BCUT2D eigenvalue weighted by Gasteiger charge is -2.39. The van der Waals surface area contributed by atoms with Gasteiger partial charge in [0.1, 0.15) is 0 Å². The lowest BCUT2D eigenvalue weighted by Crippen LogP contribution is -2.45. The topological polar surface area (TPSA) is 40.5 Å². The highest BCUT2D eigenvalue weighted by atomic mass is 127. The minimum Gasteiger partial charge on any atom is -0.480 e. The number of carbonyl (C=O) groups is 1. The number of hydrogen-bond acceptors (Lipinski definition) is 2. The fraction of sp³-hybridized carbons (Fsp3) is 0.500. The zero-order valence-corrected chi connectivity index (χ0v) is 13.4. The van der Waals surface area contributed by atoms with E-state index in [0.29, 0.717) is 0 Å². The van der Waals surface area contributed by atoms with E-state index in [-0.39, 0.29) is 18.1 Å². The average molecular weight is 361 g/mol. The van der Waals surface area contributed by atoms with E-state index in [4.69, 9.17) is 5.11 Å². The molecule has 0 saturated carbocycles. The van der Waals surface area contributed by atoms with Crippen LogP contribution in [0.5, 0.6) is 0 Å². The van der Waals surface area contributed by atoms with Crippen molar-refractivity contribution in [3.05, 3.63) is 33.4 Å². The maximum absolute atomic E-state index is 11.0. The summed E-state index contributed by atoms with van der Waals surface area (Å²) in [6.45, 7) is 8.23. The van der Waals surface area contributed by atoms with Gasteiger partial charge in [0.25, 0.3) is 0 Å². The number of rotatable bonds is 4. The number of carboxylic acid groups (broad SMARTS) is 1. The minimum atomic E-state index is -0.790. The summed E-state index contributed by atoms with van der Waals surface area (Å²) in [4.78, 5) is 13.0. The number of carboxylic acids is 1. The van der Waals surface area contributed by atoms with Gasteiger partial charge in [0, 0.05) is 15.2 Å². The smallest absolute Gasteiger partial charge is 0.317 e. The summed E-state index contributed by atoms with van der Waals surface area (Å²) >= 11 is 2.27. The molecule has 0 aliphatic heterocycles. The lowest BCUT2D eigenvalue weighted by molar-refractivity contribution is -0.140. The van der Waals surface area contributed by atoms with Gasteiger partial charge in [-0.05, 0) is 68.0 Å². The highest BCUT2D eigenvalue weighted by Crippen LogP contribution is 2.27. The number of aliphatic carboxylic acids is 1. The molecular weight excluding hydrogens is 341 g/mol. The van der Waals surface area contributed by atoms with Gasteiger partial charge in [-0.15, -0.1) is 0 Å². The average Bonchev–Trinajstić information content (AvgIpc) is 2.24. The third-order valence-corrected chi connectivity index (χ3v) is 3.71. The fourth-order valence-electron chi connectivity index (χ4n) is 2.02. The number of nitrogens with zero attached hydrogens (tertiary/aromatic N) is 1. The Morgan fingerprint density at radius 2 is 1.83 bits per heavy atom. The molecule has 0 radical (unpaired) electrons. The van der Waals surface area contributed by atoms with E-state index in [1.807, 2.05) is 37.8 Å². The predicted molar refractivity (Wildman–Crippen MR) is 81.7 cm³/mol. The summed E-state index contributed by atoms with van der Waals surface area (Å²) < 4.78 is 1.18. The fourth-order valence-corrected chi connectivity index (χ4v) is 2.38. The number of hydrogen-bond donors (Lipinski definition) is 1. The van der Waals surface area contributed by atoms with Gasteiger partial charge >= 0.3 is 5.97 Å². The van der Waals surface area contributed by atoms with Gasteiger partial charge in [0.05, 0.1) is 6.54 Å². The first-order valence-electron chi connectivity index (χ1n) is 5.96. The molecule has 3 nitrogen and oxygen atoms in total. The Hall–Kier alpha value is -0.620. The van der Waals surface area contributed by atoms with E-state index in [0.717, 1.165) is 5.56 Å². The van der Waals surface area contributed by atoms with Crippen LogP contribution in [0.3, 0.4) is 0 Å². The monoisotopic (exact) mass is 361 g/mol. The maximum atomic E-state index is 11.0. The molecule has 1 atom stereocenters. The van der Waals surface area contributed by atoms with Crippen LogP contribution in [-0.2, 0) is 4.79 Å². The van der Waals surface area contributed by atoms with Gasteiger partial charge in [0.15, 0.2) is 0 Å². The van der Waals surface area contributed by atoms with Gasteiger partial charge in [-0.3, -0.25) is 9.69 Å². The second-order valence-electron chi connectivity index (χ2n) is 5.42. The maximum Gasteiger partial charge on any atom is 0.317 e. The molecule has 0 spiro atoms. The van der Waals surface area contributed by atoms with E-state index in [1.54, 1.807) is 0 Å². The van der Waals surface area contributed by atoms with Crippen molar-refractivity contribution in [2.45, 2.75) is 39.3 Å². The van der Waals surface area contributed by atoms with Gasteiger partial charge in [-0.1, -0.05) is 12.1 Å². The first-order chi connectivity index (χ1) is 8.21. The quantitative estimate of drug-likeness (QED) is 0.834. The molecule has 100 valence electrons. The Morgan fingerprint density at radius 3 is 2.22 bits per heavy atom. The Balaban J connectivity index is 2.98. The van der Waals surface area contributed by atoms with Crippen molar-refractivity contribution in [2.24, 2.45) is 0 Å². The predicted octanol–water partition coefficient (Wildman–Crippen LogP) is 3.54. The van der Waals surface area contributed by atoms with Crippen molar-refractivity contribution < 1.29 is 9.90 Å². The lowest BCUT2D eigenvalue weighted by atomic mass is 9.99. The Labute approximate surface area is 122 Å². The third kappa shape index (κ3) is 4.24. The number of benzene rings is 1. The number of halogens is 1. The molecule has 1 aromatic rings. The zero-order valence-electron chi connectivity index (χ0n) is 11.3. The normalized spacial score (nSPS) is 13.7. The van der Waals surface area contributed by atoms with Crippen LogP contribution in [0.2, 0.25) is 0 Å². The van der Waals surface area contributed by atoms with Crippen LogP contribution in [-0.4, -0.2) is 28.1 Å². The summed E-state index contributed by atoms with van der Waals surface area (Å²) in [6.07, 6.45) is 0. The van der Waals surface area contributed by atoms with Crippen molar-refractivity contribution in [3.63, 3.8) is 0 Å². The molecule has 0 aromatic heterocycles. The molecule has 1 N–H and O–H groups in total. The highest BCUT2D eigenvalue weighted by molar-refractivity contribution is 14.1. The Kier molecular flexibility index (Phi) is 5.16. The van der Waals surface area contributed by atoms with E-state index >= 15 is 0 Å². The van der Waals surface area contributed by atoms with Crippen molar-refractivity contribution in [1.29, 1.82) is 0 Å². The molecule has 0 bridgehead atoms. The van der Waals surface area contributed by atoms with Crippen molar-refractivity contribution in [2.75, 3.05) is 6.54 Å². The summed E-state index contributed by atoms with van der Waals surface area (Å²) in [5.41, 5.74) is 0.965. The molecule has 0 fully saturated rings. The van der Waals surface area contributed by atoms with Gasteiger partial charge in [0.2, 0.25) is 0 Å². The second-order valence-corrected chi connectivity index (χ2v) is 6.67. The van der Waals surface area contributed by atoms with E-state index in [2.05, 4.69) is 41.6 Å². The van der Waals surface area contributed by atoms with Gasteiger partial charge < -0.3 is 5.11 Å². The SMILES string of the molecule is CC(c1ccc(I)cc1)N(CC(=O)O)C(C)(C)C.